The van der Waals surface area contributed by atoms with Gasteiger partial charge in [-0.1, -0.05) is 18.2 Å². The Bertz CT molecular complexity index is 1120. The van der Waals surface area contributed by atoms with Crippen LogP contribution >= 0.6 is 0 Å². The van der Waals surface area contributed by atoms with Crippen molar-refractivity contribution in [1.29, 1.82) is 0 Å². The summed E-state index contributed by atoms with van der Waals surface area (Å²) in [7, 11) is -3.85. The normalized spacial score (nSPS) is 11.0. The van der Waals surface area contributed by atoms with E-state index in [1.165, 1.54) is 24.3 Å². The third kappa shape index (κ3) is 5.29. The SMILES string of the molecule is Cc1cc(C)nc(NS(=O)(=O)c2ccc(NC(=O)Nc3ccccc3C)cc2)n1. The fraction of sp³-hybridized carbons (Fsp3) is 0.150. The molecular weight excluding hydrogens is 390 g/mol. The van der Waals surface area contributed by atoms with E-state index >= 15 is 0 Å². The minimum absolute atomic E-state index is 0.0160. The first-order valence-electron chi connectivity index (χ1n) is 8.82. The van der Waals surface area contributed by atoms with Crippen LogP contribution in [-0.4, -0.2) is 24.4 Å². The van der Waals surface area contributed by atoms with Crippen molar-refractivity contribution >= 4 is 33.4 Å². The highest BCUT2D eigenvalue weighted by Gasteiger charge is 2.16. The summed E-state index contributed by atoms with van der Waals surface area (Å²) < 4.78 is 27.5. The van der Waals surface area contributed by atoms with E-state index in [1.807, 2.05) is 25.1 Å². The zero-order valence-corrected chi connectivity index (χ0v) is 17.0. The molecule has 3 N–H and O–H groups in total. The third-order valence-corrected chi connectivity index (χ3v) is 5.37. The van der Waals surface area contributed by atoms with Gasteiger partial charge < -0.3 is 10.6 Å². The summed E-state index contributed by atoms with van der Waals surface area (Å²) in [6.07, 6.45) is 0. The van der Waals surface area contributed by atoms with Gasteiger partial charge in [-0.2, -0.15) is 0 Å². The smallest absolute Gasteiger partial charge is 0.308 e. The highest BCUT2D eigenvalue weighted by Crippen LogP contribution is 2.18. The topological polar surface area (TPSA) is 113 Å². The molecule has 1 heterocycles. The van der Waals surface area contributed by atoms with Crippen molar-refractivity contribution in [3.05, 3.63) is 71.5 Å². The molecule has 0 radical (unpaired) electrons. The summed E-state index contributed by atoms with van der Waals surface area (Å²) in [4.78, 5) is 20.3. The van der Waals surface area contributed by atoms with Crippen molar-refractivity contribution in [3.63, 3.8) is 0 Å². The average Bonchev–Trinajstić information content (AvgIpc) is 2.63. The molecule has 0 aliphatic rings. The van der Waals surface area contributed by atoms with Gasteiger partial charge in [0.05, 0.1) is 4.90 Å². The number of amides is 2. The largest absolute Gasteiger partial charge is 0.323 e. The Hall–Kier alpha value is -3.46. The van der Waals surface area contributed by atoms with E-state index in [-0.39, 0.29) is 10.8 Å². The van der Waals surface area contributed by atoms with Gasteiger partial charge >= 0.3 is 6.03 Å². The first-order valence-corrected chi connectivity index (χ1v) is 10.3. The molecular formula is C20H21N5O3S. The molecule has 9 heteroatoms. The summed E-state index contributed by atoms with van der Waals surface area (Å²) in [5, 5.41) is 5.42. The zero-order chi connectivity index (χ0) is 21.0. The van der Waals surface area contributed by atoms with Gasteiger partial charge in [0.1, 0.15) is 0 Å². The Labute approximate surface area is 169 Å². The van der Waals surface area contributed by atoms with Crippen molar-refractivity contribution in [2.45, 2.75) is 25.7 Å². The minimum atomic E-state index is -3.85. The average molecular weight is 411 g/mol. The van der Waals surface area contributed by atoms with E-state index in [2.05, 4.69) is 25.3 Å². The molecule has 2 aromatic carbocycles. The number of aromatic nitrogens is 2. The quantitative estimate of drug-likeness (QED) is 0.590. The predicted octanol–water partition coefficient (Wildman–Crippen LogP) is 3.85. The molecule has 0 aliphatic carbocycles. The first-order chi connectivity index (χ1) is 13.7. The number of para-hydroxylation sites is 1. The maximum absolute atomic E-state index is 12.5. The summed E-state index contributed by atoms with van der Waals surface area (Å²) >= 11 is 0. The van der Waals surface area contributed by atoms with Crippen molar-refractivity contribution in [1.82, 2.24) is 9.97 Å². The number of aryl methyl sites for hydroxylation is 3. The van der Waals surface area contributed by atoms with E-state index in [4.69, 9.17) is 0 Å². The maximum atomic E-state index is 12.5. The molecule has 3 aromatic rings. The molecule has 2 amide bonds. The molecule has 0 unspecified atom stereocenters. The maximum Gasteiger partial charge on any atom is 0.323 e. The number of sulfonamides is 1. The van der Waals surface area contributed by atoms with Crippen LogP contribution in [0.25, 0.3) is 0 Å². The zero-order valence-electron chi connectivity index (χ0n) is 16.2. The Morgan fingerprint density at radius 3 is 2.10 bits per heavy atom. The second kappa shape index (κ2) is 8.27. The van der Waals surface area contributed by atoms with Crippen LogP contribution in [0.4, 0.5) is 22.1 Å². The van der Waals surface area contributed by atoms with E-state index in [1.54, 1.807) is 26.0 Å². The van der Waals surface area contributed by atoms with Crippen LogP contribution in [-0.2, 0) is 10.0 Å². The van der Waals surface area contributed by atoms with Crippen LogP contribution in [0.1, 0.15) is 17.0 Å². The van der Waals surface area contributed by atoms with Gasteiger partial charge in [0.25, 0.3) is 10.0 Å². The summed E-state index contributed by atoms with van der Waals surface area (Å²) in [6, 6.07) is 14.5. The van der Waals surface area contributed by atoms with Crippen molar-refractivity contribution in [2.75, 3.05) is 15.4 Å². The van der Waals surface area contributed by atoms with Crippen LogP contribution < -0.4 is 15.4 Å². The van der Waals surface area contributed by atoms with E-state index in [9.17, 15) is 13.2 Å². The number of carbonyl (C=O) groups is 1. The monoisotopic (exact) mass is 411 g/mol. The number of nitrogens with zero attached hydrogens (tertiary/aromatic N) is 2. The van der Waals surface area contributed by atoms with Crippen LogP contribution in [0.3, 0.4) is 0 Å². The Morgan fingerprint density at radius 2 is 1.48 bits per heavy atom. The van der Waals surface area contributed by atoms with E-state index in [0.717, 1.165) is 5.56 Å². The number of hydrogen-bond acceptors (Lipinski definition) is 5. The van der Waals surface area contributed by atoms with Gasteiger partial charge in [-0.15, -0.1) is 0 Å². The lowest BCUT2D eigenvalue weighted by atomic mass is 10.2. The number of benzene rings is 2. The molecule has 29 heavy (non-hydrogen) atoms. The van der Waals surface area contributed by atoms with Crippen LogP contribution in [0.15, 0.2) is 59.5 Å². The number of anilines is 3. The summed E-state index contributed by atoms with van der Waals surface area (Å²) in [6.45, 7) is 5.41. The Balaban J connectivity index is 1.69. The number of rotatable bonds is 5. The van der Waals surface area contributed by atoms with Gasteiger partial charge in [0.2, 0.25) is 5.95 Å². The highest BCUT2D eigenvalue weighted by molar-refractivity contribution is 7.92. The van der Waals surface area contributed by atoms with Gasteiger partial charge in [-0.05, 0) is 62.7 Å². The molecule has 0 spiro atoms. The predicted molar refractivity (Wildman–Crippen MR) is 113 cm³/mol. The fourth-order valence-electron chi connectivity index (χ4n) is 2.67. The lowest BCUT2D eigenvalue weighted by Crippen LogP contribution is -2.20. The van der Waals surface area contributed by atoms with Crippen LogP contribution in [0.5, 0.6) is 0 Å². The molecule has 0 fully saturated rings. The second-order valence-electron chi connectivity index (χ2n) is 6.50. The number of nitrogens with one attached hydrogen (secondary N) is 3. The first kappa shape index (κ1) is 20.3. The minimum Gasteiger partial charge on any atom is -0.308 e. The summed E-state index contributed by atoms with van der Waals surface area (Å²) in [5.41, 5.74) is 3.41. The third-order valence-electron chi connectivity index (χ3n) is 4.02. The molecule has 8 nitrogen and oxygen atoms in total. The molecule has 0 saturated heterocycles. The Morgan fingerprint density at radius 1 is 0.862 bits per heavy atom. The van der Waals surface area contributed by atoms with Gasteiger partial charge in [-0.3, -0.25) is 0 Å². The Kier molecular flexibility index (Phi) is 5.79. The van der Waals surface area contributed by atoms with Gasteiger partial charge in [-0.25, -0.2) is 27.9 Å². The molecule has 0 atom stereocenters. The van der Waals surface area contributed by atoms with Crippen LogP contribution in [0, 0.1) is 20.8 Å². The van der Waals surface area contributed by atoms with Gasteiger partial charge in [0.15, 0.2) is 0 Å². The number of hydrogen-bond donors (Lipinski definition) is 3. The molecule has 3 rings (SSSR count). The standard InChI is InChI=1S/C20H21N5O3S/c1-13-6-4-5-7-18(13)24-20(26)23-16-8-10-17(11-9-16)29(27,28)25-19-21-14(2)12-15(3)22-19/h4-12H,1-3H3,(H,21,22,25)(H2,23,24,26). The molecule has 0 bridgehead atoms. The lowest BCUT2D eigenvalue weighted by molar-refractivity contribution is 0.262. The molecule has 0 aliphatic heterocycles. The molecule has 0 saturated carbocycles. The van der Waals surface area contributed by atoms with Gasteiger partial charge in [0, 0.05) is 22.8 Å². The fourth-order valence-corrected chi connectivity index (χ4v) is 3.61. The second-order valence-corrected chi connectivity index (χ2v) is 8.18. The highest BCUT2D eigenvalue weighted by atomic mass is 32.2. The van der Waals surface area contributed by atoms with Crippen molar-refractivity contribution in [3.8, 4) is 0 Å². The molecule has 1 aromatic heterocycles. The summed E-state index contributed by atoms with van der Waals surface area (Å²) in [5.74, 6) is 0.0160. The van der Waals surface area contributed by atoms with E-state index in [0.29, 0.717) is 22.8 Å². The van der Waals surface area contributed by atoms with Crippen LogP contribution in [0.2, 0.25) is 0 Å². The number of carbonyl (C=O) groups excluding carboxylic acids is 1. The number of urea groups is 1. The van der Waals surface area contributed by atoms with Crippen molar-refractivity contribution in [2.24, 2.45) is 0 Å². The van der Waals surface area contributed by atoms with Crippen molar-refractivity contribution < 1.29 is 13.2 Å². The lowest BCUT2D eigenvalue weighted by Gasteiger charge is -2.11. The molecule has 150 valence electrons. The van der Waals surface area contributed by atoms with E-state index < -0.39 is 16.1 Å².